The Morgan fingerprint density at radius 1 is 1.18 bits per heavy atom. The predicted octanol–water partition coefficient (Wildman–Crippen LogP) is 2.42. The highest BCUT2D eigenvalue weighted by molar-refractivity contribution is 5.21. The van der Waals surface area contributed by atoms with Crippen molar-refractivity contribution in [2.24, 2.45) is 5.92 Å². The second kappa shape index (κ2) is 5.65. The molecule has 0 aromatic heterocycles. The lowest BCUT2D eigenvalue weighted by Crippen LogP contribution is -2.34. The molecular formula is C15H24N2. The molecule has 1 aliphatic heterocycles. The summed E-state index contributed by atoms with van der Waals surface area (Å²) >= 11 is 0. The lowest BCUT2D eigenvalue weighted by molar-refractivity contribution is 0.244. The van der Waals surface area contributed by atoms with Gasteiger partial charge in [-0.2, -0.15) is 0 Å². The van der Waals surface area contributed by atoms with E-state index in [1.54, 1.807) is 0 Å². The zero-order chi connectivity index (χ0) is 12.3. The zero-order valence-corrected chi connectivity index (χ0v) is 11.2. The van der Waals surface area contributed by atoms with Gasteiger partial charge in [-0.3, -0.25) is 4.90 Å². The third kappa shape index (κ3) is 3.83. The third-order valence-corrected chi connectivity index (χ3v) is 3.44. The first kappa shape index (κ1) is 12.6. The SMILES string of the molecule is Cc1ccc(CN2CC(C)CNC(C)C2)cc1. The average Bonchev–Trinajstić information content (AvgIpc) is 2.44. The molecule has 1 aromatic carbocycles. The Bertz CT molecular complexity index is 332. The number of nitrogens with zero attached hydrogens (tertiary/aromatic N) is 1. The summed E-state index contributed by atoms with van der Waals surface area (Å²) in [4.78, 5) is 2.57. The first-order chi connectivity index (χ1) is 8.13. The molecule has 1 heterocycles. The molecule has 94 valence electrons. The van der Waals surface area contributed by atoms with Crippen molar-refractivity contribution in [3.05, 3.63) is 35.4 Å². The van der Waals surface area contributed by atoms with Crippen LogP contribution in [0.4, 0.5) is 0 Å². The van der Waals surface area contributed by atoms with Crippen molar-refractivity contribution in [3.8, 4) is 0 Å². The van der Waals surface area contributed by atoms with Crippen molar-refractivity contribution in [2.45, 2.75) is 33.4 Å². The van der Waals surface area contributed by atoms with E-state index in [0.29, 0.717) is 6.04 Å². The van der Waals surface area contributed by atoms with Crippen LogP contribution in [0.15, 0.2) is 24.3 Å². The molecule has 0 spiro atoms. The van der Waals surface area contributed by atoms with Gasteiger partial charge in [-0.1, -0.05) is 36.8 Å². The molecule has 1 N–H and O–H groups in total. The second-order valence-corrected chi connectivity index (χ2v) is 5.59. The normalized spacial score (nSPS) is 26.8. The Morgan fingerprint density at radius 2 is 1.88 bits per heavy atom. The van der Waals surface area contributed by atoms with Gasteiger partial charge in [-0.15, -0.1) is 0 Å². The quantitative estimate of drug-likeness (QED) is 0.842. The molecule has 2 rings (SSSR count). The van der Waals surface area contributed by atoms with Gasteiger partial charge in [0, 0.05) is 25.7 Å². The number of hydrogen-bond acceptors (Lipinski definition) is 2. The molecule has 1 fully saturated rings. The molecule has 2 nitrogen and oxygen atoms in total. The lowest BCUT2D eigenvalue weighted by Gasteiger charge is -2.23. The Hall–Kier alpha value is -0.860. The van der Waals surface area contributed by atoms with E-state index in [9.17, 15) is 0 Å². The Labute approximate surface area is 105 Å². The monoisotopic (exact) mass is 232 g/mol. The molecule has 1 aliphatic rings. The minimum Gasteiger partial charge on any atom is -0.313 e. The van der Waals surface area contributed by atoms with Crippen LogP contribution in [-0.4, -0.2) is 30.6 Å². The smallest absolute Gasteiger partial charge is 0.0234 e. The first-order valence-electron chi connectivity index (χ1n) is 6.65. The fourth-order valence-corrected chi connectivity index (χ4v) is 2.51. The largest absolute Gasteiger partial charge is 0.313 e. The summed E-state index contributed by atoms with van der Waals surface area (Å²) in [6.45, 7) is 11.3. The molecule has 0 aliphatic carbocycles. The second-order valence-electron chi connectivity index (χ2n) is 5.59. The highest BCUT2D eigenvalue weighted by Crippen LogP contribution is 2.11. The summed E-state index contributed by atoms with van der Waals surface area (Å²) in [5.74, 6) is 0.741. The summed E-state index contributed by atoms with van der Waals surface area (Å²) in [5, 5.41) is 3.58. The van der Waals surface area contributed by atoms with Crippen LogP contribution >= 0.6 is 0 Å². The maximum absolute atomic E-state index is 3.58. The first-order valence-corrected chi connectivity index (χ1v) is 6.65. The average molecular weight is 232 g/mol. The number of nitrogens with one attached hydrogen (secondary N) is 1. The predicted molar refractivity (Wildman–Crippen MR) is 73.1 cm³/mol. The van der Waals surface area contributed by atoms with E-state index in [4.69, 9.17) is 0 Å². The van der Waals surface area contributed by atoms with Crippen LogP contribution in [0.2, 0.25) is 0 Å². The minimum absolute atomic E-state index is 0.602. The van der Waals surface area contributed by atoms with Gasteiger partial charge in [0.1, 0.15) is 0 Å². The molecule has 2 atom stereocenters. The Kier molecular flexibility index (Phi) is 4.19. The third-order valence-electron chi connectivity index (χ3n) is 3.44. The van der Waals surface area contributed by atoms with Crippen molar-refractivity contribution in [3.63, 3.8) is 0 Å². The minimum atomic E-state index is 0.602. The van der Waals surface area contributed by atoms with Gasteiger partial charge in [0.25, 0.3) is 0 Å². The zero-order valence-electron chi connectivity index (χ0n) is 11.2. The van der Waals surface area contributed by atoms with Gasteiger partial charge in [-0.05, 0) is 31.9 Å². The summed E-state index contributed by atoms with van der Waals surface area (Å²) in [6.07, 6.45) is 0. The van der Waals surface area contributed by atoms with Gasteiger partial charge < -0.3 is 5.32 Å². The number of hydrogen-bond donors (Lipinski definition) is 1. The van der Waals surface area contributed by atoms with E-state index in [1.807, 2.05) is 0 Å². The van der Waals surface area contributed by atoms with E-state index < -0.39 is 0 Å². The van der Waals surface area contributed by atoms with Crippen LogP contribution < -0.4 is 5.32 Å². The summed E-state index contributed by atoms with van der Waals surface area (Å²) in [6, 6.07) is 9.52. The van der Waals surface area contributed by atoms with E-state index >= 15 is 0 Å². The van der Waals surface area contributed by atoms with Crippen molar-refractivity contribution in [2.75, 3.05) is 19.6 Å². The van der Waals surface area contributed by atoms with E-state index in [-0.39, 0.29) is 0 Å². The lowest BCUT2D eigenvalue weighted by atomic mass is 10.1. The summed E-state index contributed by atoms with van der Waals surface area (Å²) in [7, 11) is 0. The van der Waals surface area contributed by atoms with E-state index in [1.165, 1.54) is 17.7 Å². The van der Waals surface area contributed by atoms with Crippen LogP contribution in [0.1, 0.15) is 25.0 Å². The van der Waals surface area contributed by atoms with Crippen molar-refractivity contribution < 1.29 is 0 Å². The number of benzene rings is 1. The highest BCUT2D eigenvalue weighted by atomic mass is 15.2. The molecule has 0 bridgehead atoms. The fourth-order valence-electron chi connectivity index (χ4n) is 2.51. The van der Waals surface area contributed by atoms with Gasteiger partial charge in [0.2, 0.25) is 0 Å². The molecule has 2 unspecified atom stereocenters. The van der Waals surface area contributed by atoms with Crippen LogP contribution in [0.25, 0.3) is 0 Å². The summed E-state index contributed by atoms with van der Waals surface area (Å²) in [5.41, 5.74) is 2.77. The van der Waals surface area contributed by atoms with Crippen molar-refractivity contribution in [1.29, 1.82) is 0 Å². The Balaban J connectivity index is 1.98. The van der Waals surface area contributed by atoms with Crippen LogP contribution in [0, 0.1) is 12.8 Å². The van der Waals surface area contributed by atoms with Crippen molar-refractivity contribution in [1.82, 2.24) is 10.2 Å². The maximum atomic E-state index is 3.58. The highest BCUT2D eigenvalue weighted by Gasteiger charge is 2.18. The van der Waals surface area contributed by atoms with Gasteiger partial charge in [-0.25, -0.2) is 0 Å². The molecule has 0 amide bonds. The molecule has 0 radical (unpaired) electrons. The van der Waals surface area contributed by atoms with Gasteiger partial charge >= 0.3 is 0 Å². The molecule has 2 heteroatoms. The molecule has 0 saturated carbocycles. The molecular weight excluding hydrogens is 208 g/mol. The topological polar surface area (TPSA) is 15.3 Å². The summed E-state index contributed by atoms with van der Waals surface area (Å²) < 4.78 is 0. The number of rotatable bonds is 2. The van der Waals surface area contributed by atoms with Crippen molar-refractivity contribution >= 4 is 0 Å². The van der Waals surface area contributed by atoms with Gasteiger partial charge in [0.15, 0.2) is 0 Å². The van der Waals surface area contributed by atoms with Gasteiger partial charge in [0.05, 0.1) is 0 Å². The fraction of sp³-hybridized carbons (Fsp3) is 0.600. The molecule has 1 aromatic rings. The van der Waals surface area contributed by atoms with Crippen LogP contribution in [0.3, 0.4) is 0 Å². The van der Waals surface area contributed by atoms with E-state index in [0.717, 1.165) is 25.6 Å². The van der Waals surface area contributed by atoms with Crippen LogP contribution in [-0.2, 0) is 6.54 Å². The van der Waals surface area contributed by atoms with Crippen LogP contribution in [0.5, 0.6) is 0 Å². The molecule has 17 heavy (non-hydrogen) atoms. The Morgan fingerprint density at radius 3 is 2.59 bits per heavy atom. The van der Waals surface area contributed by atoms with E-state index in [2.05, 4.69) is 55.3 Å². The standard InChI is InChI=1S/C15H24N2/c1-12-4-6-15(7-5-12)11-17-9-13(2)8-16-14(3)10-17/h4-7,13-14,16H,8-11H2,1-3H3. The maximum Gasteiger partial charge on any atom is 0.0234 e. The number of aryl methyl sites for hydroxylation is 1. The molecule has 1 saturated heterocycles.